The Bertz CT molecular complexity index is 678. The lowest BCUT2D eigenvalue weighted by molar-refractivity contribution is 0.0572. The van der Waals surface area contributed by atoms with Crippen LogP contribution in [0.1, 0.15) is 9.67 Å². The first-order valence-corrected chi connectivity index (χ1v) is 7.57. The zero-order valence-corrected chi connectivity index (χ0v) is 12.5. The van der Waals surface area contributed by atoms with E-state index in [4.69, 9.17) is 23.2 Å². The highest BCUT2D eigenvalue weighted by Gasteiger charge is 2.34. The van der Waals surface area contributed by atoms with Crippen LogP contribution in [-0.4, -0.2) is 46.3 Å². The van der Waals surface area contributed by atoms with Gasteiger partial charge < -0.3 is 15.1 Å². The first kappa shape index (κ1) is 14.1. The molecular formula is C13H11Cl2NO3S. The number of aliphatic hydroxyl groups excluding tert-OH is 2. The van der Waals surface area contributed by atoms with Gasteiger partial charge in [-0.3, -0.25) is 4.79 Å². The molecule has 0 saturated carbocycles. The number of likely N-dealkylation sites (tertiary alicyclic amines) is 1. The zero-order chi connectivity index (χ0) is 14.4. The van der Waals surface area contributed by atoms with Gasteiger partial charge in [0.25, 0.3) is 5.91 Å². The smallest absolute Gasteiger partial charge is 0.265 e. The van der Waals surface area contributed by atoms with Gasteiger partial charge in [-0.1, -0.05) is 29.3 Å². The standard InChI is InChI=1S/C13H11Cl2NO3S/c14-6-1-2-7-10(3-6)20-12(11(7)15)13(19)16-4-8(17)9(18)5-16/h1-3,8-9,17-18H,4-5H2. The summed E-state index contributed by atoms with van der Waals surface area (Å²) >= 11 is 13.4. The van der Waals surface area contributed by atoms with Crippen LogP contribution in [0.5, 0.6) is 0 Å². The van der Waals surface area contributed by atoms with Crippen molar-refractivity contribution < 1.29 is 15.0 Å². The van der Waals surface area contributed by atoms with E-state index in [2.05, 4.69) is 0 Å². The molecule has 2 aromatic rings. The van der Waals surface area contributed by atoms with E-state index >= 15 is 0 Å². The van der Waals surface area contributed by atoms with Gasteiger partial charge in [0.2, 0.25) is 0 Å². The summed E-state index contributed by atoms with van der Waals surface area (Å²) in [6, 6.07) is 5.26. The molecule has 1 aliphatic heterocycles. The van der Waals surface area contributed by atoms with Gasteiger partial charge >= 0.3 is 0 Å². The summed E-state index contributed by atoms with van der Waals surface area (Å²) in [5.41, 5.74) is 0. The fourth-order valence-corrected chi connectivity index (χ4v) is 4.01. The van der Waals surface area contributed by atoms with Crippen molar-refractivity contribution in [2.75, 3.05) is 13.1 Å². The van der Waals surface area contributed by atoms with Crippen LogP contribution in [0.4, 0.5) is 0 Å². The Hall–Kier alpha value is -0.850. The summed E-state index contributed by atoms with van der Waals surface area (Å²) in [5.74, 6) is -0.275. The number of nitrogens with zero attached hydrogens (tertiary/aromatic N) is 1. The second kappa shape index (κ2) is 5.16. The van der Waals surface area contributed by atoms with Crippen molar-refractivity contribution in [1.29, 1.82) is 0 Å². The van der Waals surface area contributed by atoms with E-state index in [1.807, 2.05) is 0 Å². The molecule has 4 nitrogen and oxygen atoms in total. The largest absolute Gasteiger partial charge is 0.388 e. The third kappa shape index (κ3) is 2.29. The van der Waals surface area contributed by atoms with Gasteiger partial charge in [0.15, 0.2) is 0 Å². The average Bonchev–Trinajstić information content (AvgIpc) is 2.90. The molecule has 7 heteroatoms. The number of halogens is 2. The summed E-state index contributed by atoms with van der Waals surface area (Å²) in [6.07, 6.45) is -1.80. The van der Waals surface area contributed by atoms with E-state index in [1.54, 1.807) is 18.2 Å². The van der Waals surface area contributed by atoms with Crippen molar-refractivity contribution in [3.63, 3.8) is 0 Å². The number of hydrogen-bond donors (Lipinski definition) is 2. The van der Waals surface area contributed by atoms with Crippen LogP contribution in [0, 0.1) is 0 Å². The number of fused-ring (bicyclic) bond motifs is 1. The fourth-order valence-electron chi connectivity index (χ4n) is 2.26. The van der Waals surface area contributed by atoms with E-state index in [9.17, 15) is 15.0 Å². The van der Waals surface area contributed by atoms with Crippen molar-refractivity contribution in [3.05, 3.63) is 33.1 Å². The predicted octanol–water partition coefficient (Wildman–Crippen LogP) is 2.39. The topological polar surface area (TPSA) is 60.8 Å². The van der Waals surface area contributed by atoms with Crippen LogP contribution < -0.4 is 0 Å². The molecule has 1 aromatic carbocycles. The second-order valence-corrected chi connectivity index (χ2v) is 6.60. The summed E-state index contributed by atoms with van der Waals surface area (Å²) < 4.78 is 0.839. The van der Waals surface area contributed by atoms with E-state index < -0.39 is 12.2 Å². The van der Waals surface area contributed by atoms with Crippen molar-refractivity contribution in [2.24, 2.45) is 0 Å². The SMILES string of the molecule is O=C(c1sc2cc(Cl)ccc2c1Cl)N1CC(O)C(O)C1. The molecular weight excluding hydrogens is 321 g/mol. The van der Waals surface area contributed by atoms with Gasteiger partial charge in [0, 0.05) is 28.2 Å². The maximum Gasteiger partial charge on any atom is 0.265 e. The molecule has 106 valence electrons. The molecule has 0 bridgehead atoms. The number of amides is 1. The Kier molecular flexibility index (Phi) is 3.64. The van der Waals surface area contributed by atoms with Crippen LogP contribution >= 0.6 is 34.5 Å². The molecule has 1 fully saturated rings. The predicted molar refractivity (Wildman–Crippen MR) is 79.8 cm³/mol. The molecule has 2 atom stereocenters. The number of β-amino-alcohol motifs (C(OH)–C–C–N with tert-alkyl or cyclic N) is 2. The van der Waals surface area contributed by atoms with Crippen LogP contribution in [0.3, 0.4) is 0 Å². The lowest BCUT2D eigenvalue weighted by Gasteiger charge is -2.14. The van der Waals surface area contributed by atoms with Crippen molar-refractivity contribution in [3.8, 4) is 0 Å². The Morgan fingerprint density at radius 2 is 1.90 bits per heavy atom. The number of rotatable bonds is 1. The quantitative estimate of drug-likeness (QED) is 0.843. The molecule has 1 aromatic heterocycles. The summed E-state index contributed by atoms with van der Waals surface area (Å²) in [5, 5.41) is 20.8. The Morgan fingerprint density at radius 3 is 2.55 bits per heavy atom. The molecule has 1 amide bonds. The molecule has 0 spiro atoms. The highest BCUT2D eigenvalue weighted by molar-refractivity contribution is 7.21. The normalized spacial score (nSPS) is 22.7. The molecule has 0 radical (unpaired) electrons. The number of carbonyl (C=O) groups excluding carboxylic acids is 1. The number of aliphatic hydroxyl groups is 2. The third-order valence-corrected chi connectivity index (χ3v) is 5.21. The number of benzene rings is 1. The van der Waals surface area contributed by atoms with Gasteiger partial charge in [-0.2, -0.15) is 0 Å². The van der Waals surface area contributed by atoms with Gasteiger partial charge in [0.1, 0.15) is 4.88 Å². The monoisotopic (exact) mass is 331 g/mol. The zero-order valence-electron chi connectivity index (χ0n) is 10.2. The van der Waals surface area contributed by atoms with Gasteiger partial charge in [0.05, 0.1) is 17.2 Å². The molecule has 2 N–H and O–H groups in total. The van der Waals surface area contributed by atoms with Crippen LogP contribution in [0.25, 0.3) is 10.1 Å². The minimum Gasteiger partial charge on any atom is -0.388 e. The van der Waals surface area contributed by atoms with Gasteiger partial charge in [-0.25, -0.2) is 0 Å². The molecule has 0 aliphatic carbocycles. The third-order valence-electron chi connectivity index (χ3n) is 3.33. The maximum atomic E-state index is 12.4. The van der Waals surface area contributed by atoms with E-state index in [1.165, 1.54) is 16.2 Å². The van der Waals surface area contributed by atoms with Gasteiger partial charge in [-0.05, 0) is 12.1 Å². The number of hydrogen-bond acceptors (Lipinski definition) is 4. The van der Waals surface area contributed by atoms with Crippen LogP contribution in [0.15, 0.2) is 18.2 Å². The van der Waals surface area contributed by atoms with E-state index in [0.29, 0.717) is 14.9 Å². The van der Waals surface area contributed by atoms with Crippen molar-refractivity contribution >= 4 is 50.5 Å². The molecule has 1 saturated heterocycles. The lowest BCUT2D eigenvalue weighted by Crippen LogP contribution is -2.29. The van der Waals surface area contributed by atoms with E-state index in [-0.39, 0.29) is 19.0 Å². The second-order valence-electron chi connectivity index (χ2n) is 4.73. The molecule has 2 unspecified atom stereocenters. The van der Waals surface area contributed by atoms with Crippen LogP contribution in [-0.2, 0) is 0 Å². The molecule has 3 rings (SSSR count). The average molecular weight is 332 g/mol. The van der Waals surface area contributed by atoms with Crippen molar-refractivity contribution in [2.45, 2.75) is 12.2 Å². The Labute approximate surface area is 129 Å². The highest BCUT2D eigenvalue weighted by atomic mass is 35.5. The summed E-state index contributed by atoms with van der Waals surface area (Å²) in [7, 11) is 0. The summed E-state index contributed by atoms with van der Waals surface area (Å²) in [6.45, 7) is 0.233. The highest BCUT2D eigenvalue weighted by Crippen LogP contribution is 2.37. The maximum absolute atomic E-state index is 12.4. The van der Waals surface area contributed by atoms with Crippen LogP contribution in [0.2, 0.25) is 10.0 Å². The number of carbonyl (C=O) groups is 1. The fraction of sp³-hybridized carbons (Fsp3) is 0.308. The molecule has 2 heterocycles. The van der Waals surface area contributed by atoms with E-state index in [0.717, 1.165) is 10.1 Å². The Balaban J connectivity index is 1.98. The molecule has 20 heavy (non-hydrogen) atoms. The first-order valence-electron chi connectivity index (χ1n) is 6.00. The number of thiophene rings is 1. The summed E-state index contributed by atoms with van der Waals surface area (Å²) in [4.78, 5) is 14.2. The van der Waals surface area contributed by atoms with Crippen molar-refractivity contribution in [1.82, 2.24) is 4.90 Å². The Morgan fingerprint density at radius 1 is 1.25 bits per heavy atom. The molecule has 1 aliphatic rings. The lowest BCUT2D eigenvalue weighted by atomic mass is 10.2. The first-order chi connectivity index (χ1) is 9.47. The minimum atomic E-state index is -0.901. The minimum absolute atomic E-state index is 0.116. The van der Waals surface area contributed by atoms with Gasteiger partial charge in [-0.15, -0.1) is 11.3 Å².